The van der Waals surface area contributed by atoms with Gasteiger partial charge >= 0.3 is 5.97 Å². The van der Waals surface area contributed by atoms with E-state index in [4.69, 9.17) is 11.6 Å². The van der Waals surface area contributed by atoms with E-state index in [-0.39, 0.29) is 0 Å². The first-order chi connectivity index (χ1) is 9.55. The summed E-state index contributed by atoms with van der Waals surface area (Å²) < 4.78 is 0. The Morgan fingerprint density at radius 1 is 1.55 bits per heavy atom. The molecule has 112 valence electrons. The molecule has 1 unspecified atom stereocenters. The summed E-state index contributed by atoms with van der Waals surface area (Å²) >= 11 is 7.60. The van der Waals surface area contributed by atoms with Crippen LogP contribution >= 0.6 is 23.4 Å². The quantitative estimate of drug-likeness (QED) is 0.539. The van der Waals surface area contributed by atoms with Crippen LogP contribution < -0.4 is 5.32 Å². The van der Waals surface area contributed by atoms with Gasteiger partial charge in [-0.25, -0.2) is 4.98 Å². The number of thioether (sulfide) groups is 1. The lowest BCUT2D eigenvalue weighted by atomic mass is 9.91. The number of aliphatic carboxylic acids is 1. The van der Waals surface area contributed by atoms with Crippen molar-refractivity contribution in [1.29, 1.82) is 0 Å². The molecule has 2 N–H and O–H groups in total. The second-order valence-electron chi connectivity index (χ2n) is 4.51. The smallest absolute Gasteiger partial charge is 0.323 e. The van der Waals surface area contributed by atoms with E-state index in [9.17, 15) is 9.90 Å². The van der Waals surface area contributed by atoms with Gasteiger partial charge < -0.3 is 10.4 Å². The monoisotopic (exact) mass is 316 g/mol. The Hall–Kier alpha value is -0.780. The second-order valence-corrected chi connectivity index (χ2v) is 6.00. The minimum absolute atomic E-state index is 0.575. The van der Waals surface area contributed by atoms with Crippen molar-refractivity contribution in [3.8, 4) is 0 Å². The van der Waals surface area contributed by atoms with Crippen LogP contribution in [0.1, 0.15) is 33.1 Å². The average molecular weight is 317 g/mol. The summed E-state index contributed by atoms with van der Waals surface area (Å²) in [6, 6.07) is 3.60. The van der Waals surface area contributed by atoms with Gasteiger partial charge in [-0.05, 0) is 43.7 Å². The Bertz CT molecular complexity index is 445. The highest BCUT2D eigenvalue weighted by molar-refractivity contribution is 7.99. The lowest BCUT2D eigenvalue weighted by Gasteiger charge is -2.29. The molecule has 0 aliphatic rings. The van der Waals surface area contributed by atoms with Gasteiger partial charge in [0.05, 0.1) is 5.02 Å². The van der Waals surface area contributed by atoms with Crippen molar-refractivity contribution >= 4 is 29.3 Å². The molecule has 0 spiro atoms. The fourth-order valence-electron chi connectivity index (χ4n) is 2.08. The first-order valence-corrected chi connectivity index (χ1v) is 8.14. The molecule has 0 fully saturated rings. The molecule has 0 bridgehead atoms. The Kier molecular flexibility index (Phi) is 7.34. The van der Waals surface area contributed by atoms with Crippen LogP contribution in [0.25, 0.3) is 0 Å². The van der Waals surface area contributed by atoms with E-state index in [1.54, 1.807) is 24.0 Å². The number of carboxylic acids is 1. The molecule has 1 aromatic heterocycles. The minimum atomic E-state index is -0.816. The van der Waals surface area contributed by atoms with E-state index in [2.05, 4.69) is 10.3 Å². The van der Waals surface area contributed by atoms with Crippen LogP contribution in [0.15, 0.2) is 23.4 Å². The molecule has 0 aliphatic heterocycles. The van der Waals surface area contributed by atoms with Crippen molar-refractivity contribution in [2.24, 2.45) is 0 Å². The molecule has 20 heavy (non-hydrogen) atoms. The summed E-state index contributed by atoms with van der Waals surface area (Å²) in [6.07, 6.45) is 3.68. The van der Waals surface area contributed by atoms with Crippen LogP contribution in [-0.4, -0.2) is 33.9 Å². The summed E-state index contributed by atoms with van der Waals surface area (Å²) in [5, 5.41) is 14.0. The predicted molar refractivity (Wildman–Crippen MR) is 83.5 cm³/mol. The molecule has 4 nitrogen and oxygen atoms in total. The van der Waals surface area contributed by atoms with Crippen molar-refractivity contribution in [3.63, 3.8) is 0 Å². The number of hydrogen-bond acceptors (Lipinski definition) is 4. The third-order valence-corrected chi connectivity index (χ3v) is 4.75. The molecule has 1 aromatic rings. The molecule has 1 heterocycles. The SMILES string of the molecule is CCNC(CC)(CCCSc1ncccc1Cl)C(=O)O. The van der Waals surface area contributed by atoms with Crippen LogP contribution in [0, 0.1) is 0 Å². The normalized spacial score (nSPS) is 13.9. The molecule has 0 aliphatic carbocycles. The number of nitrogens with zero attached hydrogens (tertiary/aromatic N) is 1. The summed E-state index contributed by atoms with van der Waals surface area (Å²) in [6.45, 7) is 4.48. The maximum Gasteiger partial charge on any atom is 0.323 e. The number of halogens is 1. The topological polar surface area (TPSA) is 62.2 Å². The van der Waals surface area contributed by atoms with Crippen LogP contribution in [0.3, 0.4) is 0 Å². The molecule has 0 aromatic carbocycles. The molecule has 0 saturated carbocycles. The molecular formula is C14H21ClN2O2S. The Morgan fingerprint density at radius 3 is 2.85 bits per heavy atom. The Morgan fingerprint density at radius 2 is 2.30 bits per heavy atom. The maximum atomic E-state index is 11.5. The van der Waals surface area contributed by atoms with Gasteiger partial charge in [-0.15, -0.1) is 11.8 Å². The zero-order valence-electron chi connectivity index (χ0n) is 11.9. The maximum absolute atomic E-state index is 11.5. The van der Waals surface area contributed by atoms with E-state index in [1.807, 2.05) is 19.9 Å². The zero-order valence-corrected chi connectivity index (χ0v) is 13.4. The third-order valence-electron chi connectivity index (χ3n) is 3.24. The average Bonchev–Trinajstić information content (AvgIpc) is 2.43. The van der Waals surface area contributed by atoms with Gasteiger partial charge in [0, 0.05) is 6.20 Å². The summed E-state index contributed by atoms with van der Waals surface area (Å²) in [5.41, 5.74) is -0.816. The van der Waals surface area contributed by atoms with Crippen LogP contribution in [-0.2, 0) is 4.79 Å². The number of hydrogen-bond donors (Lipinski definition) is 2. The summed E-state index contributed by atoms with van der Waals surface area (Å²) in [7, 11) is 0. The Balaban J connectivity index is 2.49. The molecular weight excluding hydrogens is 296 g/mol. The summed E-state index contributed by atoms with van der Waals surface area (Å²) in [5.74, 6) is 0.0275. The molecule has 0 amide bonds. The largest absolute Gasteiger partial charge is 0.480 e. The lowest BCUT2D eigenvalue weighted by molar-refractivity contribution is -0.145. The van der Waals surface area contributed by atoms with E-state index in [0.717, 1.165) is 17.2 Å². The van der Waals surface area contributed by atoms with Gasteiger partial charge in [-0.1, -0.05) is 25.4 Å². The molecule has 1 rings (SSSR count). The van der Waals surface area contributed by atoms with Gasteiger partial charge in [-0.2, -0.15) is 0 Å². The fraction of sp³-hybridized carbons (Fsp3) is 0.571. The van der Waals surface area contributed by atoms with E-state index < -0.39 is 11.5 Å². The Labute approximate surface area is 129 Å². The van der Waals surface area contributed by atoms with Gasteiger partial charge in [0.2, 0.25) is 0 Å². The number of likely N-dealkylation sites (N-methyl/N-ethyl adjacent to an activating group) is 1. The van der Waals surface area contributed by atoms with E-state index in [1.165, 1.54) is 0 Å². The number of aromatic nitrogens is 1. The van der Waals surface area contributed by atoms with E-state index >= 15 is 0 Å². The number of carbonyl (C=O) groups is 1. The van der Waals surface area contributed by atoms with Crippen molar-refractivity contribution < 1.29 is 9.90 Å². The highest BCUT2D eigenvalue weighted by Crippen LogP contribution is 2.26. The second kappa shape index (κ2) is 8.49. The van der Waals surface area contributed by atoms with Crippen LogP contribution in [0.5, 0.6) is 0 Å². The standard InChI is InChI=1S/C14H21ClN2O2S/c1-3-14(13(18)19,17-4-2)8-6-10-20-12-11(15)7-5-9-16-12/h5,7,9,17H,3-4,6,8,10H2,1-2H3,(H,18,19). The minimum Gasteiger partial charge on any atom is -0.480 e. The van der Waals surface area contributed by atoms with Crippen molar-refractivity contribution in [2.45, 2.75) is 43.7 Å². The molecule has 1 atom stereocenters. The van der Waals surface area contributed by atoms with Crippen molar-refractivity contribution in [3.05, 3.63) is 23.4 Å². The predicted octanol–water partition coefficient (Wildman–Crippen LogP) is 3.45. The van der Waals surface area contributed by atoms with Crippen molar-refractivity contribution in [1.82, 2.24) is 10.3 Å². The highest BCUT2D eigenvalue weighted by Gasteiger charge is 2.34. The number of carboxylic acid groups (broad SMARTS) is 1. The molecule has 0 radical (unpaired) electrons. The summed E-state index contributed by atoms with van der Waals surface area (Å²) in [4.78, 5) is 15.7. The first-order valence-electron chi connectivity index (χ1n) is 6.77. The number of pyridine rings is 1. The zero-order chi connectivity index (χ0) is 15.0. The lowest BCUT2D eigenvalue weighted by Crippen LogP contribution is -2.51. The fourth-order valence-corrected chi connectivity index (χ4v) is 3.19. The highest BCUT2D eigenvalue weighted by atomic mass is 35.5. The van der Waals surface area contributed by atoms with Crippen molar-refractivity contribution in [2.75, 3.05) is 12.3 Å². The first kappa shape index (κ1) is 17.3. The van der Waals surface area contributed by atoms with Crippen LogP contribution in [0.2, 0.25) is 5.02 Å². The van der Waals surface area contributed by atoms with Gasteiger partial charge in [0.25, 0.3) is 0 Å². The van der Waals surface area contributed by atoms with Crippen LogP contribution in [0.4, 0.5) is 0 Å². The number of rotatable bonds is 9. The third kappa shape index (κ3) is 4.65. The van der Waals surface area contributed by atoms with Gasteiger partial charge in [0.1, 0.15) is 10.6 Å². The van der Waals surface area contributed by atoms with Gasteiger partial charge in [-0.3, -0.25) is 4.79 Å². The number of nitrogens with one attached hydrogen (secondary N) is 1. The molecule has 0 saturated heterocycles. The molecule has 6 heteroatoms. The van der Waals surface area contributed by atoms with E-state index in [0.29, 0.717) is 24.4 Å². The van der Waals surface area contributed by atoms with Gasteiger partial charge in [0.15, 0.2) is 0 Å².